The first-order valence-corrected chi connectivity index (χ1v) is 9.35. The molecule has 2 N–H and O–H groups in total. The molecule has 0 saturated heterocycles. The number of para-hydroxylation sites is 2. The summed E-state index contributed by atoms with van der Waals surface area (Å²) in [4.78, 5) is 19.9. The van der Waals surface area contributed by atoms with Crippen LogP contribution in [0.15, 0.2) is 77.9 Å². The molecule has 0 radical (unpaired) electrons. The van der Waals surface area contributed by atoms with Crippen LogP contribution in [0.3, 0.4) is 0 Å². The summed E-state index contributed by atoms with van der Waals surface area (Å²) in [6, 6.07) is 22.0. The van der Waals surface area contributed by atoms with Crippen LogP contribution in [0.1, 0.15) is 21.7 Å². The number of benzene rings is 3. The van der Waals surface area contributed by atoms with Gasteiger partial charge in [-0.25, -0.2) is 10.4 Å². The van der Waals surface area contributed by atoms with Gasteiger partial charge >= 0.3 is 0 Å². The molecule has 0 saturated carbocycles. The van der Waals surface area contributed by atoms with Gasteiger partial charge in [0.2, 0.25) is 0 Å². The molecule has 7 heteroatoms. The number of rotatable bonds is 7. The number of carbonyl (C=O) groups excluding carboxylic acids is 1. The number of hydrazone groups is 1. The average molecular weight is 400 g/mol. The molecular weight excluding hydrogens is 380 g/mol. The van der Waals surface area contributed by atoms with Gasteiger partial charge in [0.25, 0.3) is 5.91 Å². The number of hydrogen-bond donors (Lipinski definition) is 2. The van der Waals surface area contributed by atoms with Crippen LogP contribution >= 0.6 is 0 Å². The lowest BCUT2D eigenvalue weighted by Crippen LogP contribution is -2.17. The summed E-state index contributed by atoms with van der Waals surface area (Å²) in [6.07, 6.45) is 1.57. The summed E-state index contributed by atoms with van der Waals surface area (Å²) in [6.45, 7) is 0.312. The van der Waals surface area contributed by atoms with Crippen molar-refractivity contribution in [2.75, 3.05) is 7.11 Å². The van der Waals surface area contributed by atoms with Gasteiger partial charge in [0.05, 0.1) is 24.4 Å². The van der Waals surface area contributed by atoms with Crippen molar-refractivity contribution >= 4 is 23.2 Å². The molecule has 1 aromatic heterocycles. The second-order valence-corrected chi connectivity index (χ2v) is 6.49. The monoisotopic (exact) mass is 400 g/mol. The molecule has 0 spiro atoms. The Kier molecular flexibility index (Phi) is 5.70. The van der Waals surface area contributed by atoms with Crippen molar-refractivity contribution in [3.8, 4) is 11.5 Å². The van der Waals surface area contributed by atoms with Crippen LogP contribution in [0, 0.1) is 0 Å². The Morgan fingerprint density at radius 3 is 2.50 bits per heavy atom. The fraction of sp³-hybridized carbons (Fsp3) is 0.0870. The minimum Gasteiger partial charge on any atom is -0.497 e. The first-order valence-electron chi connectivity index (χ1n) is 9.35. The Balaban J connectivity index is 1.30. The Hall–Kier alpha value is -4.13. The van der Waals surface area contributed by atoms with Gasteiger partial charge in [-0.3, -0.25) is 4.79 Å². The summed E-state index contributed by atoms with van der Waals surface area (Å²) < 4.78 is 10.9. The van der Waals surface area contributed by atoms with E-state index < -0.39 is 0 Å². The predicted molar refractivity (Wildman–Crippen MR) is 115 cm³/mol. The summed E-state index contributed by atoms with van der Waals surface area (Å²) >= 11 is 0. The van der Waals surface area contributed by atoms with Crippen LogP contribution in [0.25, 0.3) is 11.0 Å². The highest BCUT2D eigenvalue weighted by molar-refractivity contribution is 5.95. The number of carbonyl (C=O) groups is 1. The van der Waals surface area contributed by atoms with Crippen molar-refractivity contribution in [2.45, 2.75) is 6.61 Å². The highest BCUT2D eigenvalue weighted by atomic mass is 16.5. The van der Waals surface area contributed by atoms with E-state index in [1.165, 1.54) is 0 Å². The van der Waals surface area contributed by atoms with Crippen LogP contribution in [-0.4, -0.2) is 29.2 Å². The number of nitrogens with zero attached hydrogens (tertiary/aromatic N) is 2. The van der Waals surface area contributed by atoms with Crippen LogP contribution in [0.5, 0.6) is 11.5 Å². The standard InChI is InChI=1S/C23H20N4O3/c1-29-18-10-6-16(7-11-18)14-24-27-23(28)17-8-12-19(13-9-17)30-15-22-25-20-4-2-3-5-21(20)26-22/h2-14H,15H2,1H3,(H,25,26)(H,27,28)/b24-14-. The van der Waals surface area contributed by atoms with Crippen molar-refractivity contribution in [2.24, 2.45) is 5.10 Å². The van der Waals surface area contributed by atoms with Crippen molar-refractivity contribution in [1.29, 1.82) is 0 Å². The molecule has 1 heterocycles. The van der Waals surface area contributed by atoms with Crippen molar-refractivity contribution in [1.82, 2.24) is 15.4 Å². The Bertz CT molecular complexity index is 1130. The van der Waals surface area contributed by atoms with Crippen LogP contribution in [-0.2, 0) is 6.61 Å². The maximum absolute atomic E-state index is 12.2. The number of amides is 1. The summed E-state index contributed by atoms with van der Waals surface area (Å²) in [7, 11) is 1.61. The Morgan fingerprint density at radius 1 is 1.03 bits per heavy atom. The highest BCUT2D eigenvalue weighted by Gasteiger charge is 2.06. The summed E-state index contributed by atoms with van der Waals surface area (Å²) in [5.41, 5.74) is 5.72. The lowest BCUT2D eigenvalue weighted by Gasteiger charge is -2.05. The van der Waals surface area contributed by atoms with Gasteiger partial charge in [-0.15, -0.1) is 0 Å². The van der Waals surface area contributed by atoms with E-state index in [4.69, 9.17) is 9.47 Å². The van der Waals surface area contributed by atoms with Crippen LogP contribution < -0.4 is 14.9 Å². The van der Waals surface area contributed by atoms with Crippen molar-refractivity contribution in [3.05, 3.63) is 89.7 Å². The average Bonchev–Trinajstić information content (AvgIpc) is 3.21. The zero-order valence-electron chi connectivity index (χ0n) is 16.3. The smallest absolute Gasteiger partial charge is 0.271 e. The Labute approximate surface area is 173 Å². The third kappa shape index (κ3) is 4.64. The van der Waals surface area contributed by atoms with Crippen LogP contribution in [0.2, 0.25) is 0 Å². The number of ether oxygens (including phenoxy) is 2. The first-order chi connectivity index (χ1) is 14.7. The van der Waals surface area contributed by atoms with Crippen molar-refractivity contribution in [3.63, 3.8) is 0 Å². The second-order valence-electron chi connectivity index (χ2n) is 6.49. The predicted octanol–water partition coefficient (Wildman–Crippen LogP) is 3.91. The maximum Gasteiger partial charge on any atom is 0.271 e. The number of nitrogens with one attached hydrogen (secondary N) is 2. The molecule has 4 rings (SSSR count). The number of imidazole rings is 1. The molecule has 0 atom stereocenters. The SMILES string of the molecule is COc1ccc(/C=N\NC(=O)c2ccc(OCc3nc4ccccc4[nH]3)cc2)cc1. The van der Waals surface area contributed by atoms with Gasteiger partial charge in [0.15, 0.2) is 0 Å². The Morgan fingerprint density at radius 2 is 1.77 bits per heavy atom. The van der Waals surface area contributed by atoms with Crippen molar-refractivity contribution < 1.29 is 14.3 Å². The molecule has 0 bridgehead atoms. The molecular formula is C23H20N4O3. The molecule has 0 aliphatic heterocycles. The van der Waals surface area contributed by atoms with E-state index >= 15 is 0 Å². The third-order valence-corrected chi connectivity index (χ3v) is 4.43. The number of methoxy groups -OCH3 is 1. The molecule has 7 nitrogen and oxygen atoms in total. The molecule has 30 heavy (non-hydrogen) atoms. The molecule has 0 fully saturated rings. The lowest BCUT2D eigenvalue weighted by molar-refractivity contribution is 0.0955. The second kappa shape index (κ2) is 8.91. The van der Waals surface area contributed by atoms with E-state index in [0.717, 1.165) is 28.2 Å². The molecule has 3 aromatic carbocycles. The molecule has 1 amide bonds. The summed E-state index contributed by atoms with van der Waals surface area (Å²) in [5, 5.41) is 3.98. The van der Waals surface area contributed by atoms with Gasteiger partial charge in [0.1, 0.15) is 23.9 Å². The minimum absolute atomic E-state index is 0.302. The maximum atomic E-state index is 12.2. The molecule has 0 unspecified atom stereocenters. The number of aromatic nitrogens is 2. The first kappa shape index (κ1) is 19.2. The van der Waals surface area contributed by atoms with Gasteiger partial charge in [-0.2, -0.15) is 5.10 Å². The van der Waals surface area contributed by atoms with E-state index in [9.17, 15) is 4.79 Å². The highest BCUT2D eigenvalue weighted by Crippen LogP contribution is 2.16. The number of fused-ring (bicyclic) bond motifs is 1. The van der Waals surface area contributed by atoms with Gasteiger partial charge in [-0.05, 0) is 66.2 Å². The minimum atomic E-state index is -0.302. The zero-order valence-corrected chi connectivity index (χ0v) is 16.3. The molecule has 0 aliphatic rings. The van der Waals surface area contributed by atoms with E-state index in [1.54, 1.807) is 37.6 Å². The fourth-order valence-electron chi connectivity index (χ4n) is 2.85. The lowest BCUT2D eigenvalue weighted by atomic mass is 10.2. The van der Waals surface area contributed by atoms with Gasteiger partial charge < -0.3 is 14.5 Å². The fourth-order valence-corrected chi connectivity index (χ4v) is 2.85. The third-order valence-electron chi connectivity index (χ3n) is 4.43. The molecule has 4 aromatic rings. The molecule has 0 aliphatic carbocycles. The van der Waals surface area contributed by atoms with E-state index in [0.29, 0.717) is 17.9 Å². The van der Waals surface area contributed by atoms with Crippen LogP contribution in [0.4, 0.5) is 0 Å². The number of aromatic amines is 1. The van der Waals surface area contributed by atoms with Gasteiger partial charge in [0, 0.05) is 5.56 Å². The zero-order chi connectivity index (χ0) is 20.8. The normalized spacial score (nSPS) is 11.0. The van der Waals surface area contributed by atoms with E-state index in [1.807, 2.05) is 48.5 Å². The topological polar surface area (TPSA) is 88.6 Å². The summed E-state index contributed by atoms with van der Waals surface area (Å²) in [5.74, 6) is 1.85. The number of hydrogen-bond acceptors (Lipinski definition) is 5. The van der Waals surface area contributed by atoms with Gasteiger partial charge in [-0.1, -0.05) is 12.1 Å². The van der Waals surface area contributed by atoms with E-state index in [2.05, 4.69) is 20.5 Å². The quantitative estimate of drug-likeness (QED) is 0.364. The van der Waals surface area contributed by atoms with E-state index in [-0.39, 0.29) is 5.91 Å². The molecule has 150 valence electrons. The largest absolute Gasteiger partial charge is 0.497 e. The number of H-pyrrole nitrogens is 1.